The van der Waals surface area contributed by atoms with Crippen LogP contribution in [-0.2, 0) is 4.57 Å². The Labute approximate surface area is 160 Å². The van der Waals surface area contributed by atoms with Crippen LogP contribution in [0.1, 0.15) is 22.8 Å². The first-order chi connectivity index (χ1) is 13.5. The van der Waals surface area contributed by atoms with Crippen molar-refractivity contribution in [2.75, 3.05) is 0 Å². The van der Waals surface area contributed by atoms with Crippen molar-refractivity contribution in [1.29, 1.82) is 0 Å². The zero-order valence-electron chi connectivity index (χ0n) is 14.6. The van der Waals surface area contributed by atoms with E-state index >= 15 is 0 Å². The van der Waals surface area contributed by atoms with Crippen LogP contribution < -0.4 is 0 Å². The molecule has 7 nitrogen and oxygen atoms in total. The fourth-order valence-electron chi connectivity index (χ4n) is 2.94. The van der Waals surface area contributed by atoms with E-state index in [4.69, 9.17) is 14.4 Å². The van der Waals surface area contributed by atoms with Gasteiger partial charge in [-0.05, 0) is 72.8 Å². The summed E-state index contributed by atoms with van der Waals surface area (Å²) < 4.78 is 8.70. The first kappa shape index (κ1) is 18.0. The number of nitrogens with zero attached hydrogens (tertiary/aromatic N) is 2. The molecule has 4 N–H and O–H groups in total. The van der Waals surface area contributed by atoms with Crippen molar-refractivity contribution in [1.82, 2.24) is 19.9 Å². The third kappa shape index (κ3) is 4.47. The van der Waals surface area contributed by atoms with Gasteiger partial charge in [0.05, 0.1) is 22.8 Å². The van der Waals surface area contributed by atoms with Crippen LogP contribution >= 0.6 is 8.25 Å². The summed E-state index contributed by atoms with van der Waals surface area (Å²) in [6.45, 7) is 0. The van der Waals surface area contributed by atoms with E-state index in [9.17, 15) is 0 Å². The molecule has 5 rings (SSSR count). The first-order valence-electron chi connectivity index (χ1n) is 8.43. The van der Waals surface area contributed by atoms with Gasteiger partial charge in [-0.3, -0.25) is 0 Å². The topological polar surface area (TPSA) is 115 Å². The van der Waals surface area contributed by atoms with Crippen molar-refractivity contribution < 1.29 is 14.4 Å². The highest BCUT2D eigenvalue weighted by Gasteiger charge is 2.02. The Bertz CT molecular complexity index is 1180. The summed E-state index contributed by atoms with van der Waals surface area (Å²) in [7, 11) is -2.87. The van der Waals surface area contributed by atoms with Gasteiger partial charge in [0.1, 0.15) is 0 Å². The molecule has 3 aromatic heterocycles. The lowest BCUT2D eigenvalue weighted by Crippen LogP contribution is -1.77. The van der Waals surface area contributed by atoms with Gasteiger partial charge in [0.2, 0.25) is 0 Å². The van der Waals surface area contributed by atoms with Crippen molar-refractivity contribution in [3.63, 3.8) is 0 Å². The second-order valence-corrected chi connectivity index (χ2v) is 6.66. The van der Waals surface area contributed by atoms with Crippen LogP contribution in [0, 0.1) is 0 Å². The van der Waals surface area contributed by atoms with E-state index in [0.717, 1.165) is 44.8 Å². The minimum atomic E-state index is -2.87. The minimum Gasteiger partial charge on any atom is -0.355 e. The average Bonchev–Trinajstić information content (AvgIpc) is 3.39. The number of H-pyrrole nitrogens is 2. The minimum absolute atomic E-state index is 0.915. The number of hydrogen-bond donors (Lipinski definition) is 4. The highest BCUT2D eigenvalue weighted by molar-refractivity contribution is 7.30. The van der Waals surface area contributed by atoms with Gasteiger partial charge in [-0.2, -0.15) is 0 Å². The Balaban J connectivity index is 0.000000442. The summed E-state index contributed by atoms with van der Waals surface area (Å²) in [5, 5.41) is 0. The molecular formula is C20H16N4O3P+. The first-order valence-corrected chi connectivity index (χ1v) is 9.59. The SMILES string of the molecule is C1=Cc2cc3ccc(cc4ccc(cc5nc(cc1n2)C=C5)[nH]4)[nH]3.O=[P+](O)O. The fraction of sp³-hybridized carbons (Fsp3) is 0. The molecule has 138 valence electrons. The molecule has 2 aliphatic heterocycles. The smallest absolute Gasteiger partial charge is 0.355 e. The van der Waals surface area contributed by atoms with Crippen molar-refractivity contribution in [3.8, 4) is 0 Å². The molecule has 0 aliphatic carbocycles. The molecule has 0 unspecified atom stereocenters. The number of hydrogen-bond acceptors (Lipinski definition) is 3. The maximum absolute atomic E-state index is 8.70. The van der Waals surface area contributed by atoms with Crippen molar-refractivity contribution in [2.24, 2.45) is 0 Å². The van der Waals surface area contributed by atoms with E-state index in [1.807, 2.05) is 42.5 Å². The molecule has 0 amide bonds. The Morgan fingerprint density at radius 3 is 1.32 bits per heavy atom. The quantitative estimate of drug-likeness (QED) is 0.294. The Morgan fingerprint density at radius 1 is 0.607 bits per heavy atom. The van der Waals surface area contributed by atoms with Crippen LogP contribution in [0.3, 0.4) is 0 Å². The van der Waals surface area contributed by atoms with E-state index in [-0.39, 0.29) is 0 Å². The molecule has 0 saturated heterocycles. The van der Waals surface area contributed by atoms with Crippen molar-refractivity contribution in [2.45, 2.75) is 0 Å². The number of aromatic amines is 2. The number of fused-ring (bicyclic) bond motifs is 8. The highest BCUT2D eigenvalue weighted by Crippen LogP contribution is 2.17. The normalized spacial score (nSPS) is 11.8. The molecule has 2 aliphatic rings. The Morgan fingerprint density at radius 2 is 0.929 bits per heavy atom. The van der Waals surface area contributed by atoms with E-state index < -0.39 is 8.25 Å². The third-order valence-corrected chi connectivity index (χ3v) is 4.04. The van der Waals surface area contributed by atoms with Crippen LogP contribution in [0.2, 0.25) is 0 Å². The molecule has 5 heterocycles. The Kier molecular flexibility index (Phi) is 4.95. The molecule has 3 aromatic rings. The lowest BCUT2D eigenvalue weighted by Gasteiger charge is -1.86. The second-order valence-electron chi connectivity index (χ2n) is 6.16. The predicted octanol–water partition coefficient (Wildman–Crippen LogP) is 4.28. The molecule has 0 atom stereocenters. The summed E-state index contributed by atoms with van der Waals surface area (Å²) in [5.74, 6) is 0. The molecule has 0 saturated carbocycles. The van der Waals surface area contributed by atoms with Gasteiger partial charge in [0, 0.05) is 26.6 Å². The zero-order valence-corrected chi connectivity index (χ0v) is 15.5. The monoisotopic (exact) mass is 391 g/mol. The van der Waals surface area contributed by atoms with Gasteiger partial charge in [-0.1, -0.05) is 0 Å². The molecule has 8 bridgehead atoms. The van der Waals surface area contributed by atoms with Crippen LogP contribution in [0.4, 0.5) is 0 Å². The molecular weight excluding hydrogens is 375 g/mol. The highest BCUT2D eigenvalue weighted by atomic mass is 31.1. The van der Waals surface area contributed by atoms with Crippen molar-refractivity contribution in [3.05, 3.63) is 71.3 Å². The lowest BCUT2D eigenvalue weighted by molar-refractivity contribution is 0.405. The summed E-state index contributed by atoms with van der Waals surface area (Å²) >= 11 is 0. The van der Waals surface area contributed by atoms with Gasteiger partial charge in [0.25, 0.3) is 0 Å². The maximum Gasteiger partial charge on any atom is 0.692 e. The molecule has 28 heavy (non-hydrogen) atoms. The average molecular weight is 391 g/mol. The van der Waals surface area contributed by atoms with Gasteiger partial charge in [0.15, 0.2) is 0 Å². The molecule has 8 heteroatoms. The number of aromatic nitrogens is 4. The van der Waals surface area contributed by atoms with Gasteiger partial charge >= 0.3 is 8.25 Å². The molecule has 0 fully saturated rings. The van der Waals surface area contributed by atoms with Crippen molar-refractivity contribution >= 4 is 54.6 Å². The van der Waals surface area contributed by atoms with E-state index in [2.05, 4.69) is 50.3 Å². The second kappa shape index (κ2) is 7.70. The summed E-state index contributed by atoms with van der Waals surface area (Å²) in [4.78, 5) is 30.3. The lowest BCUT2D eigenvalue weighted by atomic mass is 10.3. The standard InChI is InChI=1S/C20H14N4.HO3P/c1-2-14-10-16-5-6-18(23-16)12-20-8-7-19(24-20)11-17-4-3-15(22-17)9-13(1)21-14;1-4(2)3/h1-12,21-22H;(H-,1,2,3)/p+1. The zero-order chi connectivity index (χ0) is 19.5. The number of rotatable bonds is 0. The third-order valence-electron chi connectivity index (χ3n) is 4.04. The van der Waals surface area contributed by atoms with E-state index in [0.29, 0.717) is 0 Å². The molecule has 0 radical (unpaired) electrons. The van der Waals surface area contributed by atoms with Gasteiger partial charge in [-0.15, -0.1) is 9.79 Å². The van der Waals surface area contributed by atoms with Crippen LogP contribution in [0.5, 0.6) is 0 Å². The fourth-order valence-corrected chi connectivity index (χ4v) is 2.94. The Hall–Kier alpha value is -3.38. The largest absolute Gasteiger partial charge is 0.692 e. The number of nitrogens with one attached hydrogen (secondary N) is 2. The molecule has 0 spiro atoms. The molecule has 0 aromatic carbocycles. The predicted molar refractivity (Wildman–Crippen MR) is 111 cm³/mol. The van der Waals surface area contributed by atoms with Crippen LogP contribution in [-0.4, -0.2) is 29.7 Å². The maximum atomic E-state index is 8.70. The summed E-state index contributed by atoms with van der Waals surface area (Å²) in [5.41, 5.74) is 7.86. The van der Waals surface area contributed by atoms with Gasteiger partial charge < -0.3 is 9.97 Å². The van der Waals surface area contributed by atoms with Crippen LogP contribution in [0.15, 0.2) is 48.5 Å². The van der Waals surface area contributed by atoms with E-state index in [1.54, 1.807) is 0 Å². The van der Waals surface area contributed by atoms with Crippen LogP contribution in [0.25, 0.3) is 46.4 Å². The van der Waals surface area contributed by atoms with E-state index in [1.165, 1.54) is 0 Å². The summed E-state index contributed by atoms with van der Waals surface area (Å²) in [6, 6.07) is 16.4. The van der Waals surface area contributed by atoms with Gasteiger partial charge in [-0.25, -0.2) is 9.97 Å². The summed E-state index contributed by atoms with van der Waals surface area (Å²) in [6.07, 6.45) is 8.05.